The Morgan fingerprint density at radius 3 is 2.47 bits per heavy atom. The van der Waals surface area contributed by atoms with E-state index in [0.717, 1.165) is 24.8 Å². The highest BCUT2D eigenvalue weighted by Gasteiger charge is 2.37. The first-order valence-corrected chi connectivity index (χ1v) is 13.0. The zero-order valence-corrected chi connectivity index (χ0v) is 20.7. The highest BCUT2D eigenvalue weighted by atomic mass is 35.5. The van der Waals surface area contributed by atoms with Crippen LogP contribution in [-0.2, 0) is 21.2 Å². The second-order valence-corrected chi connectivity index (χ2v) is 10.7. The Kier molecular flexibility index (Phi) is 7.14. The lowest BCUT2D eigenvalue weighted by molar-refractivity contribution is -0.122. The standard InChI is InChI=1S/C26H27ClN2O4S/c1-3-4-5-19-8-11-21(12-9-19)28-26(30)25-17-29(23-16-20(27)10-15-24(23)33-25)34(31,32)22-13-6-18(2)7-14-22/h6-16,25H,3-5,17H2,1-2H3,(H,28,30)/t25-/m0/s1. The molecule has 0 bridgehead atoms. The number of hydrogen-bond donors (Lipinski definition) is 1. The molecule has 178 valence electrons. The van der Waals surface area contributed by atoms with Crippen LogP contribution < -0.4 is 14.4 Å². The summed E-state index contributed by atoms with van der Waals surface area (Å²) in [6.45, 7) is 3.86. The fourth-order valence-corrected chi connectivity index (χ4v) is 5.42. The van der Waals surface area contributed by atoms with Crippen LogP contribution >= 0.6 is 11.6 Å². The molecule has 8 heteroatoms. The summed E-state index contributed by atoms with van der Waals surface area (Å²) in [5, 5.41) is 3.22. The lowest BCUT2D eigenvalue weighted by atomic mass is 10.1. The average molecular weight is 499 g/mol. The van der Waals surface area contributed by atoms with Crippen LogP contribution in [0.2, 0.25) is 5.02 Å². The van der Waals surface area contributed by atoms with Crippen molar-refractivity contribution in [3.05, 3.63) is 82.9 Å². The summed E-state index contributed by atoms with van der Waals surface area (Å²) < 4.78 is 34.1. The van der Waals surface area contributed by atoms with Crippen molar-refractivity contribution < 1.29 is 17.9 Å². The van der Waals surface area contributed by atoms with Gasteiger partial charge in [-0.1, -0.05) is 54.8 Å². The van der Waals surface area contributed by atoms with Crippen molar-refractivity contribution in [3.63, 3.8) is 0 Å². The summed E-state index contributed by atoms with van der Waals surface area (Å²) in [5.74, 6) is -0.146. The molecule has 34 heavy (non-hydrogen) atoms. The van der Waals surface area contributed by atoms with E-state index in [-0.39, 0.29) is 17.2 Å². The third-order valence-electron chi connectivity index (χ3n) is 5.73. The highest BCUT2D eigenvalue weighted by molar-refractivity contribution is 7.92. The van der Waals surface area contributed by atoms with Gasteiger partial charge >= 0.3 is 0 Å². The quantitative estimate of drug-likeness (QED) is 0.461. The van der Waals surface area contributed by atoms with Gasteiger partial charge in [0.2, 0.25) is 0 Å². The molecule has 6 nitrogen and oxygen atoms in total. The molecular weight excluding hydrogens is 472 g/mol. The lowest BCUT2D eigenvalue weighted by Crippen LogP contribution is -2.48. The highest BCUT2D eigenvalue weighted by Crippen LogP contribution is 2.39. The van der Waals surface area contributed by atoms with Crippen LogP contribution in [0.4, 0.5) is 11.4 Å². The minimum Gasteiger partial charge on any atom is -0.476 e. The molecule has 1 atom stereocenters. The molecule has 3 aromatic carbocycles. The maximum absolute atomic E-state index is 13.5. The molecule has 0 aliphatic carbocycles. The molecular formula is C26H27ClN2O4S. The van der Waals surface area contributed by atoms with Crippen LogP contribution in [0.5, 0.6) is 5.75 Å². The second kappa shape index (κ2) is 10.1. The van der Waals surface area contributed by atoms with Crippen molar-refractivity contribution in [2.45, 2.75) is 44.1 Å². The van der Waals surface area contributed by atoms with E-state index >= 15 is 0 Å². The van der Waals surface area contributed by atoms with E-state index < -0.39 is 22.0 Å². The summed E-state index contributed by atoms with van der Waals surface area (Å²) in [6.07, 6.45) is 2.18. The molecule has 4 rings (SSSR count). The smallest absolute Gasteiger partial charge is 0.267 e. The number of rotatable bonds is 7. The van der Waals surface area contributed by atoms with Gasteiger partial charge < -0.3 is 10.1 Å². The number of hydrogen-bond acceptors (Lipinski definition) is 4. The molecule has 0 saturated carbocycles. The summed E-state index contributed by atoms with van der Waals surface area (Å²) in [5.41, 5.74) is 3.08. The van der Waals surface area contributed by atoms with Gasteiger partial charge in [0.15, 0.2) is 6.10 Å². The van der Waals surface area contributed by atoms with Gasteiger partial charge in [-0.2, -0.15) is 0 Å². The number of sulfonamides is 1. The van der Waals surface area contributed by atoms with Crippen LogP contribution in [0, 0.1) is 6.92 Å². The number of nitrogens with one attached hydrogen (secondary N) is 1. The SMILES string of the molecule is CCCCc1ccc(NC(=O)[C@@H]2CN(S(=O)(=O)c3ccc(C)cc3)c3cc(Cl)ccc3O2)cc1. The zero-order chi connectivity index (χ0) is 24.3. The predicted molar refractivity (Wildman–Crippen MR) is 135 cm³/mol. The minimum atomic E-state index is -3.95. The first-order valence-electron chi connectivity index (χ1n) is 11.2. The number of carbonyl (C=O) groups excluding carboxylic acids is 1. The third-order valence-corrected chi connectivity index (χ3v) is 7.76. The Morgan fingerprint density at radius 2 is 1.79 bits per heavy atom. The van der Waals surface area contributed by atoms with Gasteiger partial charge in [0.25, 0.3) is 15.9 Å². The number of benzene rings is 3. The number of halogens is 1. The Labute approximate surface area is 205 Å². The Hall–Kier alpha value is -3.03. The molecule has 0 spiro atoms. The summed E-state index contributed by atoms with van der Waals surface area (Å²) in [6, 6.07) is 19.0. The van der Waals surface area contributed by atoms with Gasteiger partial charge in [-0.3, -0.25) is 9.10 Å². The predicted octanol–water partition coefficient (Wildman–Crippen LogP) is 5.59. The minimum absolute atomic E-state index is 0.132. The van der Waals surface area contributed by atoms with Gasteiger partial charge in [-0.25, -0.2) is 8.42 Å². The molecule has 1 heterocycles. The Morgan fingerprint density at radius 1 is 1.09 bits per heavy atom. The number of anilines is 2. The fraction of sp³-hybridized carbons (Fsp3) is 0.269. The largest absolute Gasteiger partial charge is 0.476 e. The van der Waals surface area contributed by atoms with E-state index in [4.69, 9.17) is 16.3 Å². The molecule has 0 fully saturated rings. The number of ether oxygens (including phenoxy) is 1. The number of fused-ring (bicyclic) bond motifs is 1. The summed E-state index contributed by atoms with van der Waals surface area (Å²) in [4.78, 5) is 13.2. The van der Waals surface area contributed by atoms with Crippen LogP contribution in [0.3, 0.4) is 0 Å². The molecule has 1 amide bonds. The van der Waals surface area contributed by atoms with Gasteiger partial charge in [-0.05, 0) is 67.8 Å². The van der Waals surface area contributed by atoms with Gasteiger partial charge in [-0.15, -0.1) is 0 Å². The molecule has 3 aromatic rings. The van der Waals surface area contributed by atoms with Crippen LogP contribution in [-0.4, -0.2) is 27.0 Å². The molecule has 1 N–H and O–H groups in total. The van der Waals surface area contributed by atoms with Crippen molar-refractivity contribution in [3.8, 4) is 5.75 Å². The molecule has 0 aromatic heterocycles. The van der Waals surface area contributed by atoms with Crippen LogP contribution in [0.15, 0.2) is 71.6 Å². The molecule has 0 radical (unpaired) electrons. The third kappa shape index (κ3) is 5.21. The van der Waals surface area contributed by atoms with E-state index in [1.54, 1.807) is 36.4 Å². The van der Waals surface area contributed by atoms with Crippen LogP contribution in [0.25, 0.3) is 0 Å². The molecule has 0 unspecified atom stereocenters. The Bertz CT molecular complexity index is 1280. The number of nitrogens with zero attached hydrogens (tertiary/aromatic N) is 1. The first kappa shape index (κ1) is 24.1. The fourth-order valence-electron chi connectivity index (χ4n) is 3.78. The second-order valence-electron chi connectivity index (χ2n) is 8.36. The number of unbranched alkanes of at least 4 members (excludes halogenated alkanes) is 1. The van der Waals surface area contributed by atoms with E-state index in [1.165, 1.54) is 15.9 Å². The van der Waals surface area contributed by atoms with E-state index in [0.29, 0.717) is 16.4 Å². The van der Waals surface area contributed by atoms with Crippen molar-refractivity contribution in [1.82, 2.24) is 0 Å². The normalized spacial score (nSPS) is 15.4. The van der Waals surface area contributed by atoms with Crippen LogP contribution in [0.1, 0.15) is 30.9 Å². The monoisotopic (exact) mass is 498 g/mol. The maximum atomic E-state index is 13.5. The van der Waals surface area contributed by atoms with Gasteiger partial charge in [0.05, 0.1) is 17.1 Å². The van der Waals surface area contributed by atoms with E-state index in [1.807, 2.05) is 31.2 Å². The lowest BCUT2D eigenvalue weighted by Gasteiger charge is -2.35. The number of aryl methyl sites for hydroxylation is 2. The van der Waals surface area contributed by atoms with Crippen molar-refractivity contribution in [2.24, 2.45) is 0 Å². The molecule has 1 aliphatic rings. The zero-order valence-electron chi connectivity index (χ0n) is 19.1. The average Bonchev–Trinajstić information content (AvgIpc) is 2.83. The van der Waals surface area contributed by atoms with Crippen molar-refractivity contribution in [1.29, 1.82) is 0 Å². The first-order chi connectivity index (χ1) is 16.3. The van der Waals surface area contributed by atoms with Crippen molar-refractivity contribution in [2.75, 3.05) is 16.2 Å². The topological polar surface area (TPSA) is 75.7 Å². The summed E-state index contributed by atoms with van der Waals surface area (Å²) >= 11 is 6.15. The number of amides is 1. The van der Waals surface area contributed by atoms with E-state index in [9.17, 15) is 13.2 Å². The number of carbonyl (C=O) groups is 1. The van der Waals surface area contributed by atoms with Crippen molar-refractivity contribution >= 4 is 38.9 Å². The van der Waals surface area contributed by atoms with Gasteiger partial charge in [0.1, 0.15) is 5.75 Å². The summed E-state index contributed by atoms with van der Waals surface area (Å²) in [7, 11) is -3.95. The van der Waals surface area contributed by atoms with E-state index in [2.05, 4.69) is 12.2 Å². The Balaban J connectivity index is 1.60. The maximum Gasteiger partial charge on any atom is 0.267 e. The molecule has 1 aliphatic heterocycles. The molecule has 0 saturated heterocycles. The van der Waals surface area contributed by atoms with Gasteiger partial charge in [0, 0.05) is 10.7 Å².